The molecule has 2 atom stereocenters. The molecule has 3 nitrogen and oxygen atoms in total. The summed E-state index contributed by atoms with van der Waals surface area (Å²) in [7, 11) is 0. The summed E-state index contributed by atoms with van der Waals surface area (Å²) in [6.07, 6.45) is 0.186. The summed E-state index contributed by atoms with van der Waals surface area (Å²) in [5, 5.41) is 12.2. The molecule has 0 aromatic rings. The quantitative estimate of drug-likeness (QED) is 0.602. The fourth-order valence-electron chi connectivity index (χ4n) is 1.32. The maximum atomic E-state index is 8.91. The highest BCUT2D eigenvalue weighted by molar-refractivity contribution is 4.82. The first kappa shape index (κ1) is 9.96. The van der Waals surface area contributed by atoms with E-state index in [1.54, 1.807) is 0 Å². The largest absolute Gasteiger partial charge is 0.394 e. The molecule has 0 bridgehead atoms. The van der Waals surface area contributed by atoms with Crippen molar-refractivity contribution in [3.63, 3.8) is 0 Å². The molecule has 1 saturated heterocycles. The van der Waals surface area contributed by atoms with Gasteiger partial charge in [0.25, 0.3) is 0 Å². The average molecular weight is 173 g/mol. The first-order valence-electron chi connectivity index (χ1n) is 4.51. The van der Waals surface area contributed by atoms with Gasteiger partial charge in [0, 0.05) is 13.1 Å². The molecule has 3 heteroatoms. The van der Waals surface area contributed by atoms with Gasteiger partial charge in [-0.3, -0.25) is 0 Å². The molecule has 0 unspecified atom stereocenters. The Hall–Kier alpha value is -0.120. The van der Waals surface area contributed by atoms with E-state index in [1.807, 2.05) is 0 Å². The van der Waals surface area contributed by atoms with Crippen LogP contribution in [-0.4, -0.2) is 37.0 Å². The third kappa shape index (κ3) is 2.44. The van der Waals surface area contributed by atoms with Crippen LogP contribution in [0, 0.1) is 5.41 Å². The van der Waals surface area contributed by atoms with Crippen molar-refractivity contribution in [3.05, 3.63) is 0 Å². The van der Waals surface area contributed by atoms with Gasteiger partial charge in [0.1, 0.15) is 0 Å². The molecule has 1 aliphatic heterocycles. The summed E-state index contributed by atoms with van der Waals surface area (Å²) in [5.41, 5.74) is 0.154. The molecule has 0 aromatic heterocycles. The minimum atomic E-state index is -0.0250. The Balaban J connectivity index is 2.46. The number of hydrogen-bond acceptors (Lipinski definition) is 3. The first-order chi connectivity index (χ1) is 5.54. The van der Waals surface area contributed by atoms with Gasteiger partial charge in [-0.1, -0.05) is 20.8 Å². The molecular weight excluding hydrogens is 154 g/mol. The van der Waals surface area contributed by atoms with Crippen molar-refractivity contribution in [2.75, 3.05) is 19.7 Å². The summed E-state index contributed by atoms with van der Waals surface area (Å²) in [6, 6.07) is 0. The summed E-state index contributed by atoms with van der Waals surface area (Å²) < 4.78 is 5.69. The minimum absolute atomic E-state index is 0.0250. The molecule has 1 heterocycles. The van der Waals surface area contributed by atoms with Gasteiger partial charge < -0.3 is 15.2 Å². The van der Waals surface area contributed by atoms with E-state index in [1.165, 1.54) is 0 Å². The van der Waals surface area contributed by atoms with E-state index in [4.69, 9.17) is 9.84 Å². The Morgan fingerprint density at radius 3 is 2.58 bits per heavy atom. The minimum Gasteiger partial charge on any atom is -0.394 e. The number of rotatable bonds is 1. The Bertz CT molecular complexity index is 142. The lowest BCUT2D eigenvalue weighted by Gasteiger charge is -2.37. The SMILES string of the molecule is CC(C)(C)[C@H]1CNC[C@@H](CO)O1. The van der Waals surface area contributed by atoms with Gasteiger partial charge in [0.05, 0.1) is 18.8 Å². The second-order valence-corrected chi connectivity index (χ2v) is 4.45. The Morgan fingerprint density at radius 2 is 2.08 bits per heavy atom. The van der Waals surface area contributed by atoms with Crippen molar-refractivity contribution in [3.8, 4) is 0 Å². The van der Waals surface area contributed by atoms with E-state index < -0.39 is 0 Å². The maximum absolute atomic E-state index is 8.91. The molecule has 0 aliphatic carbocycles. The van der Waals surface area contributed by atoms with Crippen molar-refractivity contribution in [2.24, 2.45) is 5.41 Å². The lowest BCUT2D eigenvalue weighted by atomic mass is 9.88. The molecule has 1 fully saturated rings. The van der Waals surface area contributed by atoms with Gasteiger partial charge in [0.2, 0.25) is 0 Å². The van der Waals surface area contributed by atoms with Crippen LogP contribution in [0.2, 0.25) is 0 Å². The fourth-order valence-corrected chi connectivity index (χ4v) is 1.32. The number of morpholine rings is 1. The Kier molecular flexibility index (Phi) is 3.09. The lowest BCUT2D eigenvalue weighted by Crippen LogP contribution is -2.51. The fraction of sp³-hybridized carbons (Fsp3) is 1.00. The normalized spacial score (nSPS) is 32.0. The van der Waals surface area contributed by atoms with Gasteiger partial charge in [-0.25, -0.2) is 0 Å². The van der Waals surface area contributed by atoms with E-state index in [0.717, 1.165) is 13.1 Å². The van der Waals surface area contributed by atoms with Crippen molar-refractivity contribution in [1.82, 2.24) is 5.32 Å². The van der Waals surface area contributed by atoms with Gasteiger partial charge in [-0.15, -0.1) is 0 Å². The van der Waals surface area contributed by atoms with Crippen LogP contribution in [0.3, 0.4) is 0 Å². The molecular formula is C9H19NO2. The summed E-state index contributed by atoms with van der Waals surface area (Å²) in [6.45, 7) is 8.22. The van der Waals surface area contributed by atoms with Crippen LogP contribution < -0.4 is 5.32 Å². The summed E-state index contributed by atoms with van der Waals surface area (Å²) in [5.74, 6) is 0. The highest BCUT2D eigenvalue weighted by Gasteiger charge is 2.30. The third-order valence-corrected chi connectivity index (χ3v) is 2.23. The van der Waals surface area contributed by atoms with Crippen LogP contribution in [0.15, 0.2) is 0 Å². The van der Waals surface area contributed by atoms with Crippen LogP contribution in [-0.2, 0) is 4.74 Å². The summed E-state index contributed by atoms with van der Waals surface area (Å²) in [4.78, 5) is 0. The van der Waals surface area contributed by atoms with E-state index in [2.05, 4.69) is 26.1 Å². The highest BCUT2D eigenvalue weighted by atomic mass is 16.5. The van der Waals surface area contributed by atoms with E-state index in [9.17, 15) is 0 Å². The zero-order valence-corrected chi connectivity index (χ0v) is 8.13. The van der Waals surface area contributed by atoms with Crippen LogP contribution >= 0.6 is 0 Å². The Morgan fingerprint density at radius 1 is 1.42 bits per heavy atom. The number of aliphatic hydroxyl groups is 1. The molecule has 12 heavy (non-hydrogen) atoms. The first-order valence-corrected chi connectivity index (χ1v) is 4.51. The van der Waals surface area contributed by atoms with Crippen molar-refractivity contribution in [2.45, 2.75) is 33.0 Å². The van der Waals surface area contributed by atoms with E-state index in [-0.39, 0.29) is 24.2 Å². The topological polar surface area (TPSA) is 41.5 Å². The van der Waals surface area contributed by atoms with Crippen LogP contribution in [0.5, 0.6) is 0 Å². The smallest absolute Gasteiger partial charge is 0.0934 e. The van der Waals surface area contributed by atoms with Crippen LogP contribution in [0.4, 0.5) is 0 Å². The van der Waals surface area contributed by atoms with Gasteiger partial charge in [-0.05, 0) is 5.41 Å². The molecule has 0 amide bonds. The van der Waals surface area contributed by atoms with Gasteiger partial charge in [-0.2, -0.15) is 0 Å². The van der Waals surface area contributed by atoms with Gasteiger partial charge >= 0.3 is 0 Å². The zero-order valence-electron chi connectivity index (χ0n) is 8.13. The van der Waals surface area contributed by atoms with Crippen molar-refractivity contribution >= 4 is 0 Å². The van der Waals surface area contributed by atoms with Crippen LogP contribution in [0.25, 0.3) is 0 Å². The molecule has 1 rings (SSSR count). The third-order valence-electron chi connectivity index (χ3n) is 2.23. The number of hydrogen-bond donors (Lipinski definition) is 2. The predicted molar refractivity (Wildman–Crippen MR) is 48.1 cm³/mol. The zero-order chi connectivity index (χ0) is 9.19. The van der Waals surface area contributed by atoms with E-state index >= 15 is 0 Å². The molecule has 0 aromatic carbocycles. The van der Waals surface area contributed by atoms with Crippen molar-refractivity contribution in [1.29, 1.82) is 0 Å². The standard InChI is InChI=1S/C9H19NO2/c1-9(2,3)8-5-10-4-7(6-11)12-8/h7-8,10-11H,4-6H2,1-3H3/t7-,8+/m0/s1. The second kappa shape index (κ2) is 3.73. The number of aliphatic hydroxyl groups excluding tert-OH is 1. The second-order valence-electron chi connectivity index (χ2n) is 4.45. The molecule has 0 spiro atoms. The molecule has 72 valence electrons. The molecule has 0 radical (unpaired) electrons. The van der Waals surface area contributed by atoms with E-state index in [0.29, 0.717) is 0 Å². The molecule has 2 N–H and O–H groups in total. The van der Waals surface area contributed by atoms with Crippen molar-refractivity contribution < 1.29 is 9.84 Å². The van der Waals surface area contributed by atoms with Crippen LogP contribution in [0.1, 0.15) is 20.8 Å². The highest BCUT2D eigenvalue weighted by Crippen LogP contribution is 2.24. The monoisotopic (exact) mass is 173 g/mol. The van der Waals surface area contributed by atoms with Gasteiger partial charge in [0.15, 0.2) is 0 Å². The lowest BCUT2D eigenvalue weighted by molar-refractivity contribution is -0.102. The maximum Gasteiger partial charge on any atom is 0.0934 e. The average Bonchev–Trinajstić information content (AvgIpc) is 2.03. The number of ether oxygens (including phenoxy) is 1. The predicted octanol–water partition coefficient (Wildman–Crippen LogP) is 0.382. The number of nitrogens with one attached hydrogen (secondary N) is 1. The Labute approximate surface area is 74.1 Å². The molecule has 1 aliphatic rings. The molecule has 0 saturated carbocycles. The summed E-state index contributed by atoms with van der Waals surface area (Å²) >= 11 is 0.